The van der Waals surface area contributed by atoms with Crippen LogP contribution in [0.2, 0.25) is 0 Å². The molecule has 0 amide bonds. The summed E-state index contributed by atoms with van der Waals surface area (Å²) in [7, 11) is 0. The highest BCUT2D eigenvalue weighted by atomic mass is 79.9. The van der Waals surface area contributed by atoms with Gasteiger partial charge in [-0.1, -0.05) is 0 Å². The van der Waals surface area contributed by atoms with Gasteiger partial charge in [-0.3, -0.25) is 0 Å². The molecule has 0 aliphatic carbocycles. The summed E-state index contributed by atoms with van der Waals surface area (Å²) in [6.45, 7) is 4.84. The molecule has 0 bridgehead atoms. The van der Waals surface area contributed by atoms with Crippen LogP contribution in [0.25, 0.3) is 0 Å². The molecule has 4 heteroatoms. The molecule has 0 N–H and O–H groups in total. The molecular formula is C9H13BrO3. The summed E-state index contributed by atoms with van der Waals surface area (Å²) < 4.78 is 23.8. The second kappa shape index (κ2) is 5.42. The van der Waals surface area contributed by atoms with E-state index in [1.54, 1.807) is 6.07 Å². The molecule has 0 radical (unpaired) electrons. The van der Waals surface area contributed by atoms with Crippen molar-refractivity contribution in [3.05, 3.63) is 22.5 Å². The highest BCUT2D eigenvalue weighted by Crippen LogP contribution is 2.23. The van der Waals surface area contributed by atoms with E-state index in [0.29, 0.717) is 23.4 Å². The minimum atomic E-state index is -0.514. The molecule has 0 aromatic carbocycles. The van der Waals surface area contributed by atoms with Crippen LogP contribution in [0.3, 0.4) is 0 Å². The number of halogens is 1. The highest BCUT2D eigenvalue weighted by molar-refractivity contribution is 9.10. The lowest BCUT2D eigenvalue weighted by Crippen LogP contribution is -2.07. The third kappa shape index (κ3) is 3.14. The summed E-state index contributed by atoms with van der Waals surface area (Å²) in [5, 5.41) is 0. The minimum absolute atomic E-state index is 0.0874. The molecule has 0 fully saturated rings. The normalized spacial score (nSPS) is 12.2. The standard InChI is InChI=1S/C9H13BrO3/c1-3-11-9(12-4-2)8-5-7(10)6-13-8/h5-6,9H,3-4H2,1-2H3/i6D. The number of hydrogen-bond acceptors (Lipinski definition) is 3. The van der Waals surface area contributed by atoms with E-state index in [1.165, 1.54) is 0 Å². The quantitative estimate of drug-likeness (QED) is 0.752. The molecule has 0 aliphatic rings. The number of ether oxygens (including phenoxy) is 2. The Morgan fingerprint density at radius 1 is 1.54 bits per heavy atom. The fourth-order valence-electron chi connectivity index (χ4n) is 0.923. The van der Waals surface area contributed by atoms with Gasteiger partial charge in [0.2, 0.25) is 6.29 Å². The van der Waals surface area contributed by atoms with Gasteiger partial charge in [0, 0.05) is 13.2 Å². The van der Waals surface area contributed by atoms with Gasteiger partial charge in [0.05, 0.1) is 4.47 Å². The number of furan rings is 1. The first-order chi connectivity index (χ1) is 6.69. The molecule has 1 heterocycles. The van der Waals surface area contributed by atoms with Crippen molar-refractivity contribution in [3.8, 4) is 0 Å². The molecule has 0 spiro atoms. The largest absolute Gasteiger partial charge is 0.463 e. The van der Waals surface area contributed by atoms with E-state index >= 15 is 0 Å². The summed E-state index contributed by atoms with van der Waals surface area (Å²) in [6.07, 6.45) is -0.426. The Balaban J connectivity index is 2.76. The van der Waals surface area contributed by atoms with Crippen molar-refractivity contribution in [1.29, 1.82) is 0 Å². The third-order valence-electron chi connectivity index (χ3n) is 1.40. The van der Waals surface area contributed by atoms with E-state index in [0.717, 1.165) is 0 Å². The Kier molecular flexibility index (Phi) is 3.85. The van der Waals surface area contributed by atoms with Gasteiger partial charge in [-0.2, -0.15) is 0 Å². The van der Waals surface area contributed by atoms with E-state index in [9.17, 15) is 0 Å². The first-order valence-electron chi connectivity index (χ1n) is 4.68. The Morgan fingerprint density at radius 2 is 2.15 bits per heavy atom. The maximum atomic E-state index is 7.37. The third-order valence-corrected chi connectivity index (χ3v) is 1.79. The van der Waals surface area contributed by atoms with E-state index in [-0.39, 0.29) is 6.24 Å². The first kappa shape index (κ1) is 9.24. The lowest BCUT2D eigenvalue weighted by molar-refractivity contribution is -0.150. The van der Waals surface area contributed by atoms with Gasteiger partial charge in [0.1, 0.15) is 7.61 Å². The van der Waals surface area contributed by atoms with Crippen LogP contribution < -0.4 is 0 Å². The molecule has 1 rings (SSSR count). The summed E-state index contributed by atoms with van der Waals surface area (Å²) in [4.78, 5) is 0. The summed E-state index contributed by atoms with van der Waals surface area (Å²) in [6, 6.07) is 1.69. The Bertz CT molecular complexity index is 262. The lowest BCUT2D eigenvalue weighted by atomic mass is 10.4. The molecule has 0 saturated carbocycles. The molecule has 1 aromatic rings. The van der Waals surface area contributed by atoms with Crippen molar-refractivity contribution < 1.29 is 15.3 Å². The maximum Gasteiger partial charge on any atom is 0.217 e. The minimum Gasteiger partial charge on any atom is -0.463 e. The average molecular weight is 250 g/mol. The SMILES string of the molecule is [2H]c1oc(C(OCC)OCC)cc1Br. The maximum absolute atomic E-state index is 7.37. The van der Waals surface area contributed by atoms with Crippen molar-refractivity contribution in [2.75, 3.05) is 13.2 Å². The van der Waals surface area contributed by atoms with Crippen LogP contribution in [0.5, 0.6) is 0 Å². The lowest BCUT2D eigenvalue weighted by Gasteiger charge is -2.13. The van der Waals surface area contributed by atoms with Crippen LogP contribution in [-0.2, 0) is 9.47 Å². The molecule has 0 saturated heterocycles. The van der Waals surface area contributed by atoms with Crippen LogP contribution in [0.4, 0.5) is 0 Å². The summed E-state index contributed by atoms with van der Waals surface area (Å²) >= 11 is 3.19. The zero-order chi connectivity index (χ0) is 10.6. The molecular weight excluding hydrogens is 236 g/mol. The average Bonchev–Trinajstić information content (AvgIpc) is 2.47. The molecule has 3 nitrogen and oxygen atoms in total. The van der Waals surface area contributed by atoms with E-state index in [2.05, 4.69) is 15.9 Å². The van der Waals surface area contributed by atoms with E-state index in [4.69, 9.17) is 15.3 Å². The van der Waals surface area contributed by atoms with Gasteiger partial charge in [-0.25, -0.2) is 0 Å². The van der Waals surface area contributed by atoms with Gasteiger partial charge in [0.15, 0.2) is 5.76 Å². The smallest absolute Gasteiger partial charge is 0.217 e. The van der Waals surface area contributed by atoms with E-state index < -0.39 is 6.29 Å². The van der Waals surface area contributed by atoms with Crippen LogP contribution in [-0.4, -0.2) is 13.2 Å². The van der Waals surface area contributed by atoms with Crippen LogP contribution in [0, 0.1) is 0 Å². The van der Waals surface area contributed by atoms with Crippen molar-refractivity contribution >= 4 is 15.9 Å². The van der Waals surface area contributed by atoms with Crippen LogP contribution in [0.1, 0.15) is 27.3 Å². The predicted octanol–water partition coefficient (Wildman–Crippen LogP) is 3.11. The van der Waals surface area contributed by atoms with Crippen LogP contribution in [0.15, 0.2) is 21.2 Å². The second-order valence-electron chi connectivity index (χ2n) is 2.34. The Morgan fingerprint density at radius 3 is 2.54 bits per heavy atom. The summed E-state index contributed by atoms with van der Waals surface area (Å²) in [5.74, 6) is 0.519. The molecule has 0 unspecified atom stereocenters. The second-order valence-corrected chi connectivity index (χ2v) is 3.20. The Hall–Kier alpha value is -0.320. The van der Waals surface area contributed by atoms with Gasteiger partial charge in [0.25, 0.3) is 0 Å². The first-order valence-corrected chi connectivity index (χ1v) is 4.97. The molecule has 1 aromatic heterocycles. The van der Waals surface area contributed by atoms with Crippen molar-refractivity contribution in [1.82, 2.24) is 0 Å². The predicted molar refractivity (Wildman–Crippen MR) is 52.4 cm³/mol. The Labute approximate surface area is 87.6 Å². The number of hydrogen-bond donors (Lipinski definition) is 0. The fourth-order valence-corrected chi connectivity index (χ4v) is 1.23. The van der Waals surface area contributed by atoms with Gasteiger partial charge >= 0.3 is 0 Å². The van der Waals surface area contributed by atoms with Crippen LogP contribution >= 0.6 is 15.9 Å². The summed E-state index contributed by atoms with van der Waals surface area (Å²) in [5.41, 5.74) is 0. The fraction of sp³-hybridized carbons (Fsp3) is 0.556. The molecule has 0 atom stereocenters. The zero-order valence-corrected chi connectivity index (χ0v) is 9.26. The van der Waals surface area contributed by atoms with Crippen molar-refractivity contribution in [2.24, 2.45) is 0 Å². The molecule has 0 aliphatic heterocycles. The van der Waals surface area contributed by atoms with Gasteiger partial charge < -0.3 is 13.9 Å². The number of rotatable bonds is 5. The van der Waals surface area contributed by atoms with E-state index in [1.807, 2.05) is 13.8 Å². The van der Waals surface area contributed by atoms with Gasteiger partial charge in [-0.05, 0) is 35.8 Å². The topological polar surface area (TPSA) is 31.6 Å². The van der Waals surface area contributed by atoms with Crippen molar-refractivity contribution in [3.63, 3.8) is 0 Å². The molecule has 74 valence electrons. The molecule has 13 heavy (non-hydrogen) atoms. The van der Waals surface area contributed by atoms with Crippen molar-refractivity contribution in [2.45, 2.75) is 20.1 Å². The zero-order valence-electron chi connectivity index (χ0n) is 8.67. The highest BCUT2D eigenvalue weighted by Gasteiger charge is 2.14. The van der Waals surface area contributed by atoms with Gasteiger partial charge in [-0.15, -0.1) is 0 Å². The monoisotopic (exact) mass is 249 g/mol.